The van der Waals surface area contributed by atoms with Crippen LogP contribution >= 0.6 is 0 Å². The number of anilines is 1. The minimum Gasteiger partial charge on any atom is -0.353 e. The predicted octanol–water partition coefficient (Wildman–Crippen LogP) is 3.77. The molecule has 6 aromatic rings. The molecule has 1 aromatic carbocycles. The number of hydrogen-bond donors (Lipinski definition) is 3. The second-order valence-corrected chi connectivity index (χ2v) is 8.81. The Bertz CT molecular complexity index is 1680. The number of hydrogen-bond acceptors (Lipinski definition) is 7. The van der Waals surface area contributed by atoms with Crippen LogP contribution in [-0.2, 0) is 0 Å². The fourth-order valence-electron chi connectivity index (χ4n) is 4.66. The first-order valence-electron chi connectivity index (χ1n) is 11.4. The van der Waals surface area contributed by atoms with Gasteiger partial charge < -0.3 is 15.6 Å². The van der Waals surface area contributed by atoms with Gasteiger partial charge in [-0.25, -0.2) is 9.97 Å². The summed E-state index contributed by atoms with van der Waals surface area (Å²) in [4.78, 5) is 23.7. The Morgan fingerprint density at radius 1 is 0.914 bits per heavy atom. The fourth-order valence-corrected chi connectivity index (χ4v) is 4.66. The summed E-state index contributed by atoms with van der Waals surface area (Å²) < 4.78 is 0. The fraction of sp³-hybridized carbons (Fsp3) is 0.115. The first-order chi connectivity index (χ1) is 17.2. The molecule has 9 heteroatoms. The Morgan fingerprint density at radius 2 is 1.86 bits per heavy atom. The van der Waals surface area contributed by atoms with Crippen molar-refractivity contribution in [3.63, 3.8) is 0 Å². The number of nitrogens with one attached hydrogen (secondary N) is 2. The number of rotatable bonds is 4. The molecule has 1 fully saturated rings. The van der Waals surface area contributed by atoms with Gasteiger partial charge in [-0.3, -0.25) is 15.1 Å². The second-order valence-electron chi connectivity index (χ2n) is 8.81. The van der Waals surface area contributed by atoms with Gasteiger partial charge >= 0.3 is 0 Å². The number of aromatic amines is 2. The summed E-state index contributed by atoms with van der Waals surface area (Å²) in [7, 11) is 0. The van der Waals surface area contributed by atoms with Crippen molar-refractivity contribution < 1.29 is 0 Å². The number of nitrogens with two attached hydrogens (primary N) is 1. The zero-order valence-corrected chi connectivity index (χ0v) is 18.7. The highest BCUT2D eigenvalue weighted by molar-refractivity contribution is 6.01. The third-order valence-electron chi connectivity index (χ3n) is 6.47. The number of fused-ring (bicyclic) bond motifs is 2. The number of H-pyrrole nitrogens is 2. The summed E-state index contributed by atoms with van der Waals surface area (Å²) in [5.74, 6) is 0.829. The molecule has 0 radical (unpaired) electrons. The lowest BCUT2D eigenvalue weighted by Gasteiger charge is -2.37. The quantitative estimate of drug-likeness (QED) is 0.366. The van der Waals surface area contributed by atoms with Gasteiger partial charge in [0.25, 0.3) is 0 Å². The van der Waals surface area contributed by atoms with Gasteiger partial charge in [0.15, 0.2) is 5.65 Å². The molecule has 4 N–H and O–H groups in total. The number of benzene rings is 1. The Morgan fingerprint density at radius 3 is 2.71 bits per heavy atom. The van der Waals surface area contributed by atoms with E-state index in [2.05, 4.69) is 65.4 Å². The zero-order valence-electron chi connectivity index (χ0n) is 18.7. The van der Waals surface area contributed by atoms with E-state index >= 15 is 0 Å². The van der Waals surface area contributed by atoms with E-state index in [9.17, 15) is 0 Å². The normalized spacial score (nSPS) is 14.0. The van der Waals surface area contributed by atoms with Gasteiger partial charge in [0, 0.05) is 65.1 Å². The van der Waals surface area contributed by atoms with Crippen molar-refractivity contribution in [2.75, 3.05) is 18.0 Å². The second kappa shape index (κ2) is 7.71. The van der Waals surface area contributed by atoms with Crippen molar-refractivity contribution in [3.8, 4) is 33.8 Å². The third-order valence-corrected chi connectivity index (χ3v) is 6.47. The van der Waals surface area contributed by atoms with E-state index in [4.69, 9.17) is 10.7 Å². The minimum absolute atomic E-state index is 0.196. The van der Waals surface area contributed by atoms with E-state index in [0.717, 1.165) is 69.0 Å². The van der Waals surface area contributed by atoms with Crippen molar-refractivity contribution in [2.45, 2.75) is 6.04 Å². The van der Waals surface area contributed by atoms with Gasteiger partial charge in [-0.15, -0.1) is 0 Å². The summed E-state index contributed by atoms with van der Waals surface area (Å²) in [6.45, 7) is 1.59. The van der Waals surface area contributed by atoms with E-state index in [0.29, 0.717) is 5.65 Å². The molecule has 1 aliphatic heterocycles. The minimum atomic E-state index is 0.196. The van der Waals surface area contributed by atoms with Crippen molar-refractivity contribution in [3.05, 3.63) is 73.4 Å². The maximum atomic E-state index is 5.93. The maximum absolute atomic E-state index is 5.93. The highest BCUT2D eigenvalue weighted by Crippen LogP contribution is 2.34. The molecule has 7 rings (SSSR count). The molecule has 35 heavy (non-hydrogen) atoms. The Hall–Kier alpha value is -4.63. The van der Waals surface area contributed by atoms with Crippen LogP contribution in [-0.4, -0.2) is 54.2 Å². The van der Waals surface area contributed by atoms with E-state index in [1.54, 1.807) is 24.8 Å². The van der Waals surface area contributed by atoms with Crippen LogP contribution in [0, 0.1) is 0 Å². The summed E-state index contributed by atoms with van der Waals surface area (Å²) in [5.41, 5.74) is 13.3. The molecular formula is C26H21N9. The first-order valence-corrected chi connectivity index (χ1v) is 11.4. The molecule has 9 nitrogen and oxygen atoms in total. The number of pyridine rings is 2. The Balaban J connectivity index is 1.31. The van der Waals surface area contributed by atoms with Crippen LogP contribution in [0.15, 0.2) is 73.4 Å². The molecule has 0 saturated carbocycles. The van der Waals surface area contributed by atoms with E-state index < -0.39 is 0 Å². The van der Waals surface area contributed by atoms with Crippen LogP contribution in [0.2, 0.25) is 0 Å². The topological polar surface area (TPSA) is 125 Å². The lowest BCUT2D eigenvalue weighted by atomic mass is 10.0. The van der Waals surface area contributed by atoms with Crippen molar-refractivity contribution in [1.29, 1.82) is 0 Å². The predicted molar refractivity (Wildman–Crippen MR) is 136 cm³/mol. The smallest absolute Gasteiger partial charge is 0.181 e. The van der Waals surface area contributed by atoms with Gasteiger partial charge in [0.1, 0.15) is 5.82 Å². The number of aromatic nitrogens is 7. The van der Waals surface area contributed by atoms with Gasteiger partial charge in [-0.1, -0.05) is 18.2 Å². The van der Waals surface area contributed by atoms with Crippen molar-refractivity contribution in [1.82, 2.24) is 35.1 Å². The average molecular weight is 460 g/mol. The summed E-state index contributed by atoms with van der Waals surface area (Å²) in [5, 5.41) is 9.63. The molecule has 0 spiro atoms. The lowest BCUT2D eigenvalue weighted by Crippen LogP contribution is -2.56. The molecule has 5 aromatic heterocycles. The molecular weight excluding hydrogens is 438 g/mol. The van der Waals surface area contributed by atoms with Gasteiger partial charge in [-0.2, -0.15) is 5.10 Å². The summed E-state index contributed by atoms with van der Waals surface area (Å²) in [6.07, 6.45) is 8.98. The Labute approximate surface area is 200 Å². The molecule has 0 aliphatic carbocycles. The SMILES string of the molecule is NC1CN(c2cncc(-c3cnc4n[nH]c(-c5cc6c(-c7cccnc7)cccc6[nH]5)c4c3)n2)C1. The van der Waals surface area contributed by atoms with Crippen LogP contribution in [0.5, 0.6) is 0 Å². The van der Waals surface area contributed by atoms with E-state index in [-0.39, 0.29) is 6.04 Å². The van der Waals surface area contributed by atoms with Crippen LogP contribution in [0.25, 0.3) is 55.7 Å². The molecule has 1 saturated heterocycles. The molecule has 1 aliphatic rings. The molecule has 0 atom stereocenters. The van der Waals surface area contributed by atoms with Crippen molar-refractivity contribution >= 4 is 27.8 Å². The van der Waals surface area contributed by atoms with Crippen LogP contribution in [0.4, 0.5) is 5.82 Å². The average Bonchev–Trinajstić information content (AvgIpc) is 3.51. The molecule has 6 heterocycles. The summed E-state index contributed by atoms with van der Waals surface area (Å²) >= 11 is 0. The third kappa shape index (κ3) is 3.32. The first kappa shape index (κ1) is 19.8. The Kier molecular flexibility index (Phi) is 4.36. The molecule has 170 valence electrons. The van der Waals surface area contributed by atoms with Gasteiger partial charge in [0.05, 0.1) is 29.5 Å². The monoisotopic (exact) mass is 459 g/mol. The highest BCUT2D eigenvalue weighted by atomic mass is 15.3. The lowest BCUT2D eigenvalue weighted by molar-refractivity contribution is 0.514. The van der Waals surface area contributed by atoms with Gasteiger partial charge in [0.2, 0.25) is 0 Å². The van der Waals surface area contributed by atoms with Crippen molar-refractivity contribution in [2.24, 2.45) is 5.73 Å². The van der Waals surface area contributed by atoms with E-state index in [1.165, 1.54) is 0 Å². The molecule has 0 bridgehead atoms. The van der Waals surface area contributed by atoms with Crippen LogP contribution in [0.3, 0.4) is 0 Å². The molecule has 0 amide bonds. The van der Waals surface area contributed by atoms with Gasteiger partial charge in [-0.05, 0) is 29.8 Å². The molecule has 0 unspecified atom stereocenters. The van der Waals surface area contributed by atoms with Crippen LogP contribution < -0.4 is 10.6 Å². The maximum Gasteiger partial charge on any atom is 0.181 e. The largest absolute Gasteiger partial charge is 0.353 e. The van der Waals surface area contributed by atoms with Crippen LogP contribution in [0.1, 0.15) is 0 Å². The summed E-state index contributed by atoms with van der Waals surface area (Å²) in [6, 6.07) is 14.6. The highest BCUT2D eigenvalue weighted by Gasteiger charge is 2.24. The van der Waals surface area contributed by atoms with E-state index in [1.807, 2.05) is 18.3 Å². The standard InChI is InChI=1S/C26H21N9/c27-17-13-35(14-17)24-12-29-11-23(32-24)16-7-20-25(33-34-26(20)30-10-16)22-8-19-18(4-1-5-21(19)31-22)15-3-2-6-28-9-15/h1-12,17,31H,13-14,27H2,(H,30,33,34). The zero-order chi connectivity index (χ0) is 23.4. The number of nitrogens with zero attached hydrogens (tertiary/aromatic N) is 6.